The Balaban J connectivity index is 1.98. The maximum Gasteiger partial charge on any atom is 0.418 e. The first kappa shape index (κ1) is 15.6. The third-order valence-electron chi connectivity index (χ3n) is 2.65. The lowest BCUT2D eigenvalue weighted by Crippen LogP contribution is -2.34. The topological polar surface area (TPSA) is 53.2 Å². The lowest BCUT2D eigenvalue weighted by molar-refractivity contribution is -0.137. The van der Waals surface area contributed by atoms with Crippen LogP contribution in [0.25, 0.3) is 0 Å². The van der Waals surface area contributed by atoms with Gasteiger partial charge in [0, 0.05) is 5.69 Å². The number of urea groups is 1. The summed E-state index contributed by atoms with van der Waals surface area (Å²) in [7, 11) is 0. The first-order valence-electron chi connectivity index (χ1n) is 6.11. The van der Waals surface area contributed by atoms with Crippen molar-refractivity contribution in [3.05, 3.63) is 59.9 Å². The van der Waals surface area contributed by atoms with Crippen molar-refractivity contribution < 1.29 is 22.4 Å². The average Bonchev–Trinajstić information content (AvgIpc) is 2.47. The highest BCUT2D eigenvalue weighted by Gasteiger charge is 2.33. The second-order valence-electron chi connectivity index (χ2n) is 4.25. The summed E-state index contributed by atoms with van der Waals surface area (Å²) < 4.78 is 51.0. The van der Waals surface area contributed by atoms with Gasteiger partial charge in [0.05, 0.1) is 11.3 Å². The Morgan fingerprint density at radius 1 is 0.955 bits per heavy atom. The third-order valence-corrected chi connectivity index (χ3v) is 2.65. The number of nitrogens with one attached hydrogen (secondary N) is 3. The second kappa shape index (κ2) is 6.33. The molecule has 2 aromatic rings. The van der Waals surface area contributed by atoms with Gasteiger partial charge in [0.15, 0.2) is 0 Å². The Bertz CT molecular complexity index is 656. The summed E-state index contributed by atoms with van der Waals surface area (Å²) in [6.07, 6.45) is -4.54. The van der Waals surface area contributed by atoms with Crippen LogP contribution in [0.4, 0.5) is 33.7 Å². The fraction of sp³-hybridized carbons (Fsp3) is 0.0714. The Morgan fingerprint density at radius 2 is 1.59 bits per heavy atom. The van der Waals surface area contributed by atoms with Crippen molar-refractivity contribution in [1.82, 2.24) is 5.43 Å². The van der Waals surface area contributed by atoms with Gasteiger partial charge < -0.3 is 5.32 Å². The molecule has 22 heavy (non-hydrogen) atoms. The molecule has 116 valence electrons. The van der Waals surface area contributed by atoms with Crippen LogP contribution in [0.3, 0.4) is 0 Å². The van der Waals surface area contributed by atoms with Crippen LogP contribution < -0.4 is 16.2 Å². The van der Waals surface area contributed by atoms with E-state index < -0.39 is 23.6 Å². The molecular weight excluding hydrogens is 302 g/mol. The number of halogens is 4. The number of hydrogen-bond acceptors (Lipinski definition) is 2. The van der Waals surface area contributed by atoms with Crippen molar-refractivity contribution in [3.63, 3.8) is 0 Å². The number of rotatable bonds is 3. The lowest BCUT2D eigenvalue weighted by Gasteiger charge is -2.15. The van der Waals surface area contributed by atoms with E-state index in [-0.39, 0.29) is 5.69 Å². The number of carbonyl (C=O) groups excluding carboxylic acids is 1. The molecule has 2 aromatic carbocycles. The van der Waals surface area contributed by atoms with Crippen LogP contribution in [-0.4, -0.2) is 6.03 Å². The molecule has 0 heterocycles. The monoisotopic (exact) mass is 313 g/mol. The zero-order valence-corrected chi connectivity index (χ0v) is 11.0. The third kappa shape index (κ3) is 4.11. The smallest absolute Gasteiger partial charge is 0.307 e. The zero-order valence-electron chi connectivity index (χ0n) is 11.0. The molecular formula is C14H11F4N3O. The van der Waals surface area contributed by atoms with E-state index in [0.29, 0.717) is 5.69 Å². The van der Waals surface area contributed by atoms with Gasteiger partial charge in [0.2, 0.25) is 0 Å². The molecule has 0 fully saturated rings. The Morgan fingerprint density at radius 3 is 2.23 bits per heavy atom. The van der Waals surface area contributed by atoms with E-state index in [4.69, 9.17) is 0 Å². The van der Waals surface area contributed by atoms with Gasteiger partial charge >= 0.3 is 12.2 Å². The summed E-state index contributed by atoms with van der Waals surface area (Å²) in [6.45, 7) is 0. The molecule has 0 bridgehead atoms. The SMILES string of the molecule is O=C(NNc1ccccc1C(F)(F)F)Nc1ccc(F)cc1. The molecule has 0 unspecified atom stereocenters. The Hall–Kier alpha value is -2.77. The van der Waals surface area contributed by atoms with Crippen LogP contribution in [0.2, 0.25) is 0 Å². The molecule has 3 N–H and O–H groups in total. The summed E-state index contributed by atoms with van der Waals surface area (Å²) in [4.78, 5) is 11.6. The number of hydrazine groups is 1. The van der Waals surface area contributed by atoms with Gasteiger partial charge in [-0.3, -0.25) is 10.9 Å². The van der Waals surface area contributed by atoms with Gasteiger partial charge in [-0.15, -0.1) is 0 Å². The minimum absolute atomic E-state index is 0.288. The number of para-hydroxylation sites is 1. The molecule has 4 nitrogen and oxygen atoms in total. The van der Waals surface area contributed by atoms with E-state index in [1.165, 1.54) is 30.3 Å². The molecule has 0 aliphatic carbocycles. The van der Waals surface area contributed by atoms with Gasteiger partial charge in [-0.05, 0) is 36.4 Å². The molecule has 0 radical (unpaired) electrons. The average molecular weight is 313 g/mol. The van der Waals surface area contributed by atoms with Crippen molar-refractivity contribution in [2.24, 2.45) is 0 Å². The first-order valence-corrected chi connectivity index (χ1v) is 6.11. The number of anilines is 2. The molecule has 0 spiro atoms. The minimum Gasteiger partial charge on any atom is -0.307 e. The fourth-order valence-corrected chi connectivity index (χ4v) is 1.66. The molecule has 2 rings (SSSR count). The molecule has 8 heteroatoms. The first-order chi connectivity index (χ1) is 10.4. The van der Waals surface area contributed by atoms with Crippen molar-refractivity contribution in [3.8, 4) is 0 Å². The number of alkyl halides is 3. The predicted octanol–water partition coefficient (Wildman–Crippen LogP) is 3.99. The molecule has 0 aliphatic heterocycles. The van der Waals surface area contributed by atoms with E-state index >= 15 is 0 Å². The second-order valence-corrected chi connectivity index (χ2v) is 4.25. The highest BCUT2D eigenvalue weighted by molar-refractivity contribution is 5.90. The van der Waals surface area contributed by atoms with Crippen molar-refractivity contribution >= 4 is 17.4 Å². The summed E-state index contributed by atoms with van der Waals surface area (Å²) in [6, 6.07) is 8.84. The van der Waals surface area contributed by atoms with Crippen LogP contribution in [0.5, 0.6) is 0 Å². The molecule has 0 aromatic heterocycles. The fourth-order valence-electron chi connectivity index (χ4n) is 1.66. The molecule has 0 aliphatic rings. The normalized spacial score (nSPS) is 10.9. The van der Waals surface area contributed by atoms with E-state index in [1.807, 2.05) is 0 Å². The minimum atomic E-state index is -4.54. The van der Waals surface area contributed by atoms with Gasteiger partial charge in [-0.2, -0.15) is 13.2 Å². The predicted molar refractivity (Wildman–Crippen MR) is 73.6 cm³/mol. The summed E-state index contributed by atoms with van der Waals surface area (Å²) >= 11 is 0. The van der Waals surface area contributed by atoms with Gasteiger partial charge in [0.25, 0.3) is 0 Å². The Kier molecular flexibility index (Phi) is 4.50. The lowest BCUT2D eigenvalue weighted by atomic mass is 10.2. The van der Waals surface area contributed by atoms with Crippen LogP contribution in [0, 0.1) is 5.82 Å². The maximum atomic E-state index is 12.8. The van der Waals surface area contributed by atoms with E-state index in [9.17, 15) is 22.4 Å². The van der Waals surface area contributed by atoms with Crippen molar-refractivity contribution in [2.45, 2.75) is 6.18 Å². The maximum absolute atomic E-state index is 12.8. The van der Waals surface area contributed by atoms with E-state index in [2.05, 4.69) is 16.2 Å². The van der Waals surface area contributed by atoms with Gasteiger partial charge in [-0.25, -0.2) is 9.18 Å². The number of hydrogen-bond donors (Lipinski definition) is 3. The van der Waals surface area contributed by atoms with Crippen LogP contribution in [0.15, 0.2) is 48.5 Å². The highest BCUT2D eigenvalue weighted by Crippen LogP contribution is 2.34. The van der Waals surface area contributed by atoms with Gasteiger partial charge in [0.1, 0.15) is 5.82 Å². The zero-order chi connectivity index (χ0) is 16.2. The van der Waals surface area contributed by atoms with Crippen LogP contribution >= 0.6 is 0 Å². The van der Waals surface area contributed by atoms with Crippen molar-refractivity contribution in [2.75, 3.05) is 10.7 Å². The largest absolute Gasteiger partial charge is 0.418 e. The number of carbonyl (C=O) groups is 1. The van der Waals surface area contributed by atoms with Crippen LogP contribution in [-0.2, 0) is 6.18 Å². The number of amides is 2. The highest BCUT2D eigenvalue weighted by atomic mass is 19.4. The quantitative estimate of drug-likeness (QED) is 0.593. The van der Waals surface area contributed by atoms with E-state index in [0.717, 1.165) is 18.2 Å². The standard InChI is InChI=1S/C14H11F4N3O/c15-9-5-7-10(8-6-9)19-13(22)21-20-12-4-2-1-3-11(12)14(16,17)18/h1-8,20H,(H2,19,21,22). The number of benzene rings is 2. The Labute approximate surface area is 123 Å². The van der Waals surface area contributed by atoms with Crippen LogP contribution in [0.1, 0.15) is 5.56 Å². The molecule has 0 saturated heterocycles. The van der Waals surface area contributed by atoms with Gasteiger partial charge in [-0.1, -0.05) is 12.1 Å². The van der Waals surface area contributed by atoms with Crippen molar-refractivity contribution in [1.29, 1.82) is 0 Å². The molecule has 0 atom stereocenters. The summed E-state index contributed by atoms with van der Waals surface area (Å²) in [5, 5.41) is 2.34. The summed E-state index contributed by atoms with van der Waals surface area (Å²) in [5.74, 6) is -0.469. The molecule has 0 saturated carbocycles. The van der Waals surface area contributed by atoms with E-state index in [1.54, 1.807) is 0 Å². The molecule has 2 amide bonds. The summed E-state index contributed by atoms with van der Waals surface area (Å²) in [5.41, 5.74) is 3.38.